The molecule has 0 spiro atoms. The van der Waals surface area contributed by atoms with Gasteiger partial charge in [-0.15, -0.1) is 0 Å². The fraction of sp³-hybridized carbons (Fsp3) is 0.143. The molecule has 0 amide bonds. The summed E-state index contributed by atoms with van der Waals surface area (Å²) in [6, 6.07) is 18.4. The van der Waals surface area contributed by atoms with Crippen molar-refractivity contribution in [2.24, 2.45) is 0 Å². The van der Waals surface area contributed by atoms with Crippen molar-refractivity contribution in [1.82, 2.24) is 13.9 Å². The van der Waals surface area contributed by atoms with Crippen molar-refractivity contribution in [3.05, 3.63) is 76.2 Å². The molecule has 2 aromatic carbocycles. The molecule has 138 valence electrons. The van der Waals surface area contributed by atoms with Gasteiger partial charge < -0.3 is 5.11 Å². The van der Waals surface area contributed by atoms with Gasteiger partial charge in [0.05, 0.1) is 5.56 Å². The van der Waals surface area contributed by atoms with E-state index in [1.165, 1.54) is 0 Å². The number of phenolic OH excluding ortho intramolecular Hbond substituents is 1. The minimum absolute atomic E-state index is 0.0411. The second-order valence-corrected chi connectivity index (χ2v) is 7.24. The molecule has 7 heteroatoms. The summed E-state index contributed by atoms with van der Waals surface area (Å²) in [7, 11) is 0. The number of benzene rings is 2. The number of nitrogens with zero attached hydrogens (tertiary/aromatic N) is 4. The maximum atomic E-state index is 13.4. The number of nitriles is 1. The van der Waals surface area contributed by atoms with Gasteiger partial charge in [0.1, 0.15) is 23.0 Å². The normalized spacial score (nSPS) is 12.0. The Bertz CT molecular complexity index is 1260. The first-order chi connectivity index (χ1) is 13.6. The van der Waals surface area contributed by atoms with Crippen LogP contribution in [-0.2, 0) is 6.42 Å². The Hall–Kier alpha value is -3.50. The van der Waals surface area contributed by atoms with Gasteiger partial charge in [0, 0.05) is 6.04 Å². The lowest BCUT2D eigenvalue weighted by Crippen LogP contribution is -2.27. The van der Waals surface area contributed by atoms with Gasteiger partial charge in [0.25, 0.3) is 5.56 Å². The first-order valence-electron chi connectivity index (χ1n) is 8.74. The number of aromatic hydroxyl groups is 1. The largest absolute Gasteiger partial charge is 0.507 e. The van der Waals surface area contributed by atoms with Crippen molar-refractivity contribution in [2.45, 2.75) is 19.4 Å². The van der Waals surface area contributed by atoms with E-state index >= 15 is 0 Å². The fourth-order valence-corrected chi connectivity index (χ4v) is 4.01. The van der Waals surface area contributed by atoms with Crippen molar-refractivity contribution in [2.75, 3.05) is 0 Å². The van der Waals surface area contributed by atoms with Crippen LogP contribution >= 0.6 is 11.5 Å². The molecule has 4 aromatic rings. The number of fused-ring (bicyclic) bond motifs is 1. The zero-order valence-electron chi connectivity index (χ0n) is 15.0. The molecule has 1 atom stereocenters. The second kappa shape index (κ2) is 7.25. The number of hydrogen-bond acceptors (Lipinski definition) is 6. The molecular formula is C21H16N4O2S. The monoisotopic (exact) mass is 388 g/mol. The summed E-state index contributed by atoms with van der Waals surface area (Å²) in [5.74, 6) is 0.409. The van der Waals surface area contributed by atoms with E-state index in [4.69, 9.17) is 0 Å². The minimum atomic E-state index is -0.322. The van der Waals surface area contributed by atoms with E-state index in [1.54, 1.807) is 28.8 Å². The summed E-state index contributed by atoms with van der Waals surface area (Å²) >= 11 is 1.01. The Labute approximate surface area is 165 Å². The van der Waals surface area contributed by atoms with Crippen LogP contribution in [0.3, 0.4) is 0 Å². The van der Waals surface area contributed by atoms with Crippen LogP contribution < -0.4 is 5.56 Å². The molecule has 0 aliphatic heterocycles. The lowest BCUT2D eigenvalue weighted by atomic mass is 10.1. The first-order valence-corrected chi connectivity index (χ1v) is 9.51. The van der Waals surface area contributed by atoms with Gasteiger partial charge in [-0.25, -0.2) is 4.98 Å². The Morgan fingerprint density at radius 3 is 2.61 bits per heavy atom. The van der Waals surface area contributed by atoms with Crippen LogP contribution in [0, 0.1) is 11.3 Å². The van der Waals surface area contributed by atoms with E-state index in [9.17, 15) is 15.2 Å². The predicted molar refractivity (Wildman–Crippen MR) is 108 cm³/mol. The van der Waals surface area contributed by atoms with Crippen molar-refractivity contribution in [3.63, 3.8) is 0 Å². The SMILES string of the molecule is C[C@H](Cc1ccccc1)n1c(-c2ccccc2O)nc2snc(C#N)c2c1=O. The third-order valence-electron chi connectivity index (χ3n) is 4.61. The Kier molecular flexibility index (Phi) is 4.63. The number of phenols is 1. The van der Waals surface area contributed by atoms with Crippen LogP contribution in [0.4, 0.5) is 0 Å². The van der Waals surface area contributed by atoms with Crippen molar-refractivity contribution in [1.29, 1.82) is 5.26 Å². The number of aromatic nitrogens is 3. The summed E-state index contributed by atoms with van der Waals surface area (Å²) in [5.41, 5.74) is 1.31. The van der Waals surface area contributed by atoms with Gasteiger partial charge in [-0.1, -0.05) is 42.5 Å². The molecule has 0 bridgehead atoms. The summed E-state index contributed by atoms with van der Waals surface area (Å²) in [4.78, 5) is 18.4. The summed E-state index contributed by atoms with van der Waals surface area (Å²) in [5, 5.41) is 19.9. The van der Waals surface area contributed by atoms with E-state index in [2.05, 4.69) is 9.36 Å². The molecule has 0 aliphatic rings. The van der Waals surface area contributed by atoms with Crippen LogP contribution in [0.2, 0.25) is 0 Å². The molecule has 0 saturated carbocycles. The van der Waals surface area contributed by atoms with Gasteiger partial charge in [0.2, 0.25) is 0 Å². The molecule has 1 N–H and O–H groups in total. The molecule has 0 unspecified atom stereocenters. The number of para-hydroxylation sites is 1. The zero-order chi connectivity index (χ0) is 19.7. The zero-order valence-corrected chi connectivity index (χ0v) is 15.8. The average molecular weight is 388 g/mol. The lowest BCUT2D eigenvalue weighted by molar-refractivity contribution is 0.474. The molecular weight excluding hydrogens is 372 g/mol. The van der Waals surface area contributed by atoms with Crippen LogP contribution in [0.5, 0.6) is 5.75 Å². The van der Waals surface area contributed by atoms with E-state index in [-0.39, 0.29) is 28.4 Å². The van der Waals surface area contributed by atoms with Gasteiger partial charge in [-0.05, 0) is 42.6 Å². The Balaban J connectivity index is 1.97. The molecule has 28 heavy (non-hydrogen) atoms. The Morgan fingerprint density at radius 1 is 1.18 bits per heavy atom. The highest BCUT2D eigenvalue weighted by atomic mass is 32.1. The molecule has 2 aromatic heterocycles. The molecule has 0 saturated heterocycles. The van der Waals surface area contributed by atoms with Crippen molar-refractivity contribution >= 4 is 21.7 Å². The molecule has 0 fully saturated rings. The molecule has 0 radical (unpaired) electrons. The number of rotatable bonds is 4. The topological polar surface area (TPSA) is 91.8 Å². The van der Waals surface area contributed by atoms with Gasteiger partial charge in [-0.2, -0.15) is 9.64 Å². The summed E-state index contributed by atoms with van der Waals surface area (Å²) in [6.45, 7) is 1.93. The molecule has 2 heterocycles. The van der Waals surface area contributed by atoms with E-state index in [0.717, 1.165) is 17.1 Å². The van der Waals surface area contributed by atoms with E-state index in [1.807, 2.05) is 43.3 Å². The van der Waals surface area contributed by atoms with E-state index < -0.39 is 0 Å². The highest BCUT2D eigenvalue weighted by Gasteiger charge is 2.22. The smallest absolute Gasteiger partial charge is 0.265 e. The van der Waals surface area contributed by atoms with Gasteiger partial charge in [0.15, 0.2) is 10.5 Å². The molecule has 0 aliphatic carbocycles. The van der Waals surface area contributed by atoms with E-state index in [0.29, 0.717) is 22.6 Å². The van der Waals surface area contributed by atoms with Gasteiger partial charge >= 0.3 is 0 Å². The highest BCUT2D eigenvalue weighted by molar-refractivity contribution is 7.13. The quantitative estimate of drug-likeness (QED) is 0.572. The highest BCUT2D eigenvalue weighted by Crippen LogP contribution is 2.31. The van der Waals surface area contributed by atoms with Crippen LogP contribution in [0.25, 0.3) is 21.6 Å². The standard InChI is InChI=1S/C21H16N4O2S/c1-13(11-14-7-3-2-4-8-14)25-19(15-9-5-6-10-17(15)26)23-20-18(21(25)27)16(12-22)24-28-20/h2-10,13,26H,11H2,1H3/t13-/m1/s1. The lowest BCUT2D eigenvalue weighted by Gasteiger charge is -2.20. The Morgan fingerprint density at radius 2 is 1.89 bits per heavy atom. The fourth-order valence-electron chi connectivity index (χ4n) is 3.30. The summed E-state index contributed by atoms with van der Waals surface area (Å²) < 4.78 is 5.61. The average Bonchev–Trinajstić information content (AvgIpc) is 3.12. The van der Waals surface area contributed by atoms with Crippen LogP contribution in [0.15, 0.2) is 59.4 Å². The van der Waals surface area contributed by atoms with Crippen molar-refractivity contribution < 1.29 is 5.11 Å². The van der Waals surface area contributed by atoms with Crippen LogP contribution in [0.1, 0.15) is 24.2 Å². The molecule has 6 nitrogen and oxygen atoms in total. The first kappa shape index (κ1) is 17.9. The maximum absolute atomic E-state index is 13.4. The second-order valence-electron chi connectivity index (χ2n) is 6.49. The minimum Gasteiger partial charge on any atom is -0.507 e. The van der Waals surface area contributed by atoms with Gasteiger partial charge in [-0.3, -0.25) is 9.36 Å². The number of hydrogen-bond donors (Lipinski definition) is 1. The third-order valence-corrected chi connectivity index (χ3v) is 5.35. The van der Waals surface area contributed by atoms with Crippen LogP contribution in [-0.4, -0.2) is 19.0 Å². The third kappa shape index (κ3) is 3.04. The van der Waals surface area contributed by atoms with Crippen molar-refractivity contribution in [3.8, 4) is 23.2 Å². The molecule has 4 rings (SSSR count). The summed E-state index contributed by atoms with van der Waals surface area (Å²) in [6.07, 6.45) is 0.605. The predicted octanol–water partition coefficient (Wildman–Crippen LogP) is 3.90. The maximum Gasteiger partial charge on any atom is 0.265 e.